The summed E-state index contributed by atoms with van der Waals surface area (Å²) in [6.45, 7) is 6.93. The molecule has 45 heavy (non-hydrogen) atoms. The Kier molecular flexibility index (Phi) is 32.0. The van der Waals surface area contributed by atoms with Gasteiger partial charge >= 0.3 is 40.6 Å². The SMILES string of the molecule is Nc1nc(N)[nH+]c(N2CNCCNCCCNCCNC2)n1.O.O.O.O=c1cc([O-])[nH]c(=O)[nH]1.[Cu+2].[O-][Cl+3]([O-])([O-])[O-].[O-][Cl+3]([O-])([O-])[O-]. The number of nitrogen functional groups attached to an aromatic ring is 2. The fraction of sp³-hybridized carbons (Fsp3) is 0.562. The zero-order valence-electron chi connectivity index (χ0n) is 23.0. The number of anilines is 3. The van der Waals surface area contributed by atoms with Gasteiger partial charge in [0, 0.05) is 32.2 Å². The molecular formula is C16H36Cl2CuN12O14. The van der Waals surface area contributed by atoms with Gasteiger partial charge in [-0.25, -0.2) is 47.1 Å². The number of hydrogen-bond donors (Lipinski definition) is 8. The normalized spacial score (nSPS) is 14.1. The quantitative estimate of drug-likeness (QED) is 0.125. The van der Waals surface area contributed by atoms with Crippen molar-refractivity contribution in [3.05, 3.63) is 26.9 Å². The van der Waals surface area contributed by atoms with Crippen LogP contribution in [0.2, 0.25) is 0 Å². The molecule has 0 aliphatic carbocycles. The molecule has 1 aliphatic rings. The number of nitrogens with one attached hydrogen (secondary N) is 7. The molecule has 1 aliphatic heterocycles. The standard InChI is InChI=1S/C12H26N10.C4H4N2O3.2ClHO4.Cu.3H2O/c13-10-19-11(14)21-12(20-10)22-8-17-6-4-15-2-1-3-16-5-7-18-9-22;7-2-1-3(8)6-4(9)5-2;2*2-1(3,4)5;;;;/h15-18H,1-9H2,(H4,13,14,19,20,21);1H,(H3,5,6,7,8,9);2*(H,2,3,4,5);;3*1H2/q;;;;+2;;;/p-2. The summed E-state index contributed by atoms with van der Waals surface area (Å²) in [6.07, 6.45) is 1.14. The molecule has 26 nitrogen and oxygen atoms in total. The fourth-order valence-corrected chi connectivity index (χ4v) is 2.60. The average molecular weight is 755 g/mol. The van der Waals surface area contributed by atoms with Gasteiger partial charge in [-0.2, -0.15) is 0 Å². The maximum absolute atomic E-state index is 10.2. The predicted molar refractivity (Wildman–Crippen MR) is 124 cm³/mol. The molecule has 0 unspecified atom stereocenters. The Morgan fingerprint density at radius 3 is 1.53 bits per heavy atom. The molecule has 0 saturated carbocycles. The number of nitrogens with two attached hydrogens (primary N) is 2. The molecule has 29 heteroatoms. The van der Waals surface area contributed by atoms with Gasteiger partial charge in [0.05, 0.1) is 0 Å². The van der Waals surface area contributed by atoms with Crippen LogP contribution in [0.15, 0.2) is 15.7 Å². The maximum Gasteiger partial charge on any atom is 2.00 e. The van der Waals surface area contributed by atoms with Gasteiger partial charge in [0.2, 0.25) is 0 Å². The molecule has 2 aromatic rings. The summed E-state index contributed by atoms with van der Waals surface area (Å²) in [5.74, 6) is 0.334. The van der Waals surface area contributed by atoms with E-state index in [4.69, 9.17) is 48.7 Å². The van der Waals surface area contributed by atoms with Gasteiger partial charge in [-0.05, 0) is 25.4 Å². The van der Waals surface area contributed by atoms with Crippen molar-refractivity contribution in [2.45, 2.75) is 6.42 Å². The van der Waals surface area contributed by atoms with Crippen LogP contribution in [0.3, 0.4) is 0 Å². The monoisotopic (exact) mass is 753 g/mol. The zero-order valence-corrected chi connectivity index (χ0v) is 25.4. The molecule has 0 atom stereocenters. The molecular weight excluding hydrogens is 719 g/mol. The van der Waals surface area contributed by atoms with Gasteiger partial charge in [0.25, 0.3) is 5.56 Å². The molecule has 3 heterocycles. The van der Waals surface area contributed by atoms with E-state index in [1.165, 1.54) is 0 Å². The molecule has 0 bridgehead atoms. The minimum atomic E-state index is -4.94. The van der Waals surface area contributed by atoms with Crippen LogP contribution in [0.4, 0.5) is 17.8 Å². The minimum Gasteiger partial charge on any atom is -0.860 e. The van der Waals surface area contributed by atoms with E-state index < -0.39 is 37.6 Å². The van der Waals surface area contributed by atoms with Crippen LogP contribution in [-0.4, -0.2) is 89.0 Å². The summed E-state index contributed by atoms with van der Waals surface area (Å²) in [5, 5.41) is 23.8. The summed E-state index contributed by atoms with van der Waals surface area (Å²) < 4.78 is 67.9. The summed E-state index contributed by atoms with van der Waals surface area (Å²) in [6, 6.07) is 0.765. The van der Waals surface area contributed by atoms with E-state index in [1.54, 1.807) is 0 Å². The zero-order chi connectivity index (χ0) is 31.5. The van der Waals surface area contributed by atoms with E-state index >= 15 is 0 Å². The Labute approximate surface area is 268 Å². The van der Waals surface area contributed by atoms with E-state index in [1.807, 2.05) is 14.9 Å². The molecule has 17 N–H and O–H groups in total. The largest absolute Gasteiger partial charge is 2.00 e. The third kappa shape index (κ3) is 37.5. The topological polar surface area (TPSA) is 511 Å². The van der Waals surface area contributed by atoms with Crippen molar-refractivity contribution in [3.8, 4) is 5.88 Å². The Hall–Kier alpha value is -2.61. The first kappa shape index (κ1) is 51.9. The number of H-pyrrole nitrogens is 3. The van der Waals surface area contributed by atoms with Gasteiger partial charge in [-0.15, -0.1) is 20.5 Å². The number of hydrogen-bond acceptors (Lipinski definition) is 20. The van der Waals surface area contributed by atoms with Crippen molar-refractivity contribution in [2.24, 2.45) is 0 Å². The Bertz CT molecular complexity index is 1030. The number of nitrogens with zero attached hydrogens (tertiary/aromatic N) is 3. The third-order valence-electron chi connectivity index (χ3n) is 4.00. The third-order valence-corrected chi connectivity index (χ3v) is 4.00. The molecule has 0 aromatic carbocycles. The second-order valence-electron chi connectivity index (χ2n) is 7.33. The van der Waals surface area contributed by atoms with Gasteiger partial charge in [0.15, 0.2) is 0 Å². The number of aromatic nitrogens is 5. The van der Waals surface area contributed by atoms with Crippen LogP contribution < -0.4 is 96.2 Å². The second kappa shape index (κ2) is 27.7. The van der Waals surface area contributed by atoms with Crippen molar-refractivity contribution >= 4 is 17.8 Å². The molecule has 0 spiro atoms. The fourth-order valence-electron chi connectivity index (χ4n) is 2.60. The van der Waals surface area contributed by atoms with E-state index in [9.17, 15) is 14.7 Å². The molecule has 0 amide bonds. The van der Waals surface area contributed by atoms with E-state index in [2.05, 4.69) is 36.2 Å². The molecule has 2 aromatic heterocycles. The Balaban J connectivity index is -0.000000193. The first-order valence-corrected chi connectivity index (χ1v) is 13.5. The van der Waals surface area contributed by atoms with Crippen LogP contribution >= 0.6 is 0 Å². The molecule has 1 saturated heterocycles. The Morgan fingerprint density at radius 1 is 0.733 bits per heavy atom. The van der Waals surface area contributed by atoms with Gasteiger partial charge in [-0.3, -0.25) is 25.3 Å². The predicted octanol–water partition coefficient (Wildman–Crippen LogP) is -16.9. The number of rotatable bonds is 1. The number of halogens is 2. The van der Waals surface area contributed by atoms with Crippen molar-refractivity contribution in [1.82, 2.24) is 41.2 Å². The summed E-state index contributed by atoms with van der Waals surface area (Å²) in [7, 11) is -9.89. The first-order valence-electron chi connectivity index (χ1n) is 11.1. The van der Waals surface area contributed by atoms with Gasteiger partial charge < -0.3 is 48.6 Å². The van der Waals surface area contributed by atoms with Gasteiger partial charge in [0.1, 0.15) is 13.3 Å². The summed E-state index contributed by atoms with van der Waals surface area (Å²) in [5.41, 5.74) is 9.92. The van der Waals surface area contributed by atoms with E-state index in [-0.39, 0.29) is 45.4 Å². The maximum atomic E-state index is 10.2. The Morgan fingerprint density at radius 2 is 1.16 bits per heavy atom. The molecule has 3 rings (SSSR count). The second-order valence-corrected chi connectivity index (χ2v) is 8.85. The summed E-state index contributed by atoms with van der Waals surface area (Å²) in [4.78, 5) is 37.1. The molecule has 1 fully saturated rings. The molecule has 1 radical (unpaired) electrons. The van der Waals surface area contributed by atoms with Crippen LogP contribution in [0.5, 0.6) is 5.88 Å². The van der Waals surface area contributed by atoms with Crippen LogP contribution in [0.1, 0.15) is 6.42 Å². The van der Waals surface area contributed by atoms with Crippen molar-refractivity contribution in [1.29, 1.82) is 0 Å². The van der Waals surface area contributed by atoms with Crippen LogP contribution in [0.25, 0.3) is 0 Å². The van der Waals surface area contributed by atoms with E-state index in [0.29, 0.717) is 19.3 Å². The van der Waals surface area contributed by atoms with Crippen molar-refractivity contribution < 1.29 is 101 Å². The molecule has 269 valence electrons. The van der Waals surface area contributed by atoms with Crippen molar-refractivity contribution in [2.75, 3.05) is 69.0 Å². The number of aromatic amines is 3. The summed E-state index contributed by atoms with van der Waals surface area (Å²) >= 11 is 0. The van der Waals surface area contributed by atoms with Crippen LogP contribution in [-0.2, 0) is 17.1 Å². The van der Waals surface area contributed by atoms with E-state index in [0.717, 1.165) is 51.8 Å². The smallest absolute Gasteiger partial charge is 0.860 e. The van der Waals surface area contributed by atoms with Crippen molar-refractivity contribution in [3.63, 3.8) is 0 Å². The van der Waals surface area contributed by atoms with Gasteiger partial charge in [-0.1, -0.05) is 9.97 Å². The van der Waals surface area contributed by atoms with Crippen LogP contribution in [0, 0.1) is 20.5 Å². The average Bonchev–Trinajstić information content (AvgIpc) is 2.77. The first-order chi connectivity index (χ1) is 18.9. The minimum absolute atomic E-state index is 0.